The Hall–Kier alpha value is 1.45. The normalized spacial score (nSPS) is 7.25. The van der Waals surface area contributed by atoms with Crippen LogP contribution in [0, 0.1) is 0 Å². The Bertz CT molecular complexity index is 106. The minimum Gasteiger partial charge on any atom is -1.00 e. The Balaban J connectivity index is -0.00000000800. The molecular formula is H5ClMgMnO4S. The zero-order valence-corrected chi connectivity index (χ0v) is 7.84. The third-order valence-electron chi connectivity index (χ3n) is 0. The van der Waals surface area contributed by atoms with Gasteiger partial charge in [-0.2, -0.15) is 8.42 Å². The van der Waals surface area contributed by atoms with Gasteiger partial charge in [-0.15, -0.1) is 12.4 Å². The molecule has 0 saturated carbocycles. The van der Waals surface area contributed by atoms with E-state index in [0.717, 1.165) is 0 Å². The van der Waals surface area contributed by atoms with Crippen molar-refractivity contribution >= 4 is 45.9 Å². The fraction of sp³-hybridized carbons (Fsp3) is 0. The van der Waals surface area contributed by atoms with Crippen LogP contribution in [0.2, 0.25) is 0 Å². The molecule has 0 spiro atoms. The summed E-state index contributed by atoms with van der Waals surface area (Å²) in [4.78, 5) is 0. The summed E-state index contributed by atoms with van der Waals surface area (Å²) in [5, 5.41) is 0. The smallest absolute Gasteiger partial charge is 1.00 e. The molecule has 0 aliphatic carbocycles. The van der Waals surface area contributed by atoms with E-state index in [2.05, 4.69) is 0 Å². The quantitative estimate of drug-likeness (QED) is 0.427. The summed E-state index contributed by atoms with van der Waals surface area (Å²) in [6.45, 7) is 0. The second kappa shape index (κ2) is 8.45. The summed E-state index contributed by atoms with van der Waals surface area (Å²) >= 11 is 0. The van der Waals surface area contributed by atoms with Gasteiger partial charge in [0.05, 0.1) is 0 Å². The summed E-state index contributed by atoms with van der Waals surface area (Å²) in [6.07, 6.45) is 0. The van der Waals surface area contributed by atoms with E-state index < -0.39 is 10.4 Å². The maximum Gasteiger partial charge on any atom is 2.00 e. The van der Waals surface area contributed by atoms with Crippen LogP contribution in [0.5, 0.6) is 0 Å². The van der Waals surface area contributed by atoms with E-state index in [1.165, 1.54) is 0 Å². The Morgan fingerprint density at radius 3 is 1.25 bits per heavy atom. The standard InChI is InChI=1S/ClH.Mg.Mn.H2O4S.2H/c;;;1-5(2,3)4;;/h1H;;;(H2,1,2,3,4);;/q;+2;;;2*-1. The minimum atomic E-state index is -4.67. The van der Waals surface area contributed by atoms with Gasteiger partial charge in [-0.25, -0.2) is 0 Å². The molecule has 0 amide bonds. The zero-order valence-electron chi connectivity index (χ0n) is 5.61. The predicted octanol–water partition coefficient (Wildman–Crippen LogP) is -0.389. The number of hydrogen-bond donors (Lipinski definition) is 2. The number of halogens is 1. The van der Waals surface area contributed by atoms with Crippen LogP contribution < -0.4 is 0 Å². The van der Waals surface area contributed by atoms with Gasteiger partial charge >= 0.3 is 33.5 Å². The molecule has 0 aromatic carbocycles. The van der Waals surface area contributed by atoms with Crippen LogP contribution in [0.1, 0.15) is 2.85 Å². The van der Waals surface area contributed by atoms with Crippen LogP contribution in [0.4, 0.5) is 0 Å². The molecule has 8 heavy (non-hydrogen) atoms. The fourth-order valence-electron chi connectivity index (χ4n) is 0. The van der Waals surface area contributed by atoms with Gasteiger partial charge in [0, 0.05) is 17.1 Å². The first-order valence-electron chi connectivity index (χ1n) is 0.698. The average molecular weight is 216 g/mol. The molecule has 0 aliphatic rings. The summed E-state index contributed by atoms with van der Waals surface area (Å²) in [5.74, 6) is 0. The second-order valence-electron chi connectivity index (χ2n) is 0.448. The van der Waals surface area contributed by atoms with Crippen molar-refractivity contribution in [2.24, 2.45) is 0 Å². The van der Waals surface area contributed by atoms with E-state index >= 15 is 0 Å². The molecule has 1 radical (unpaired) electrons. The molecule has 0 aromatic rings. The van der Waals surface area contributed by atoms with Crippen molar-refractivity contribution in [3.8, 4) is 0 Å². The maximum atomic E-state index is 8.74. The molecule has 0 fully saturated rings. The first-order valence-corrected chi connectivity index (χ1v) is 2.10. The molecule has 8 heteroatoms. The molecule has 4 nitrogen and oxygen atoms in total. The number of rotatable bonds is 0. The third kappa shape index (κ3) is 148. The van der Waals surface area contributed by atoms with Gasteiger partial charge in [0.2, 0.25) is 0 Å². The summed E-state index contributed by atoms with van der Waals surface area (Å²) in [5.41, 5.74) is 0. The topological polar surface area (TPSA) is 74.6 Å². The Morgan fingerprint density at radius 2 is 1.25 bits per heavy atom. The van der Waals surface area contributed by atoms with Crippen molar-refractivity contribution in [1.29, 1.82) is 0 Å². The second-order valence-corrected chi connectivity index (χ2v) is 1.34. The van der Waals surface area contributed by atoms with Gasteiger partial charge in [-0.1, -0.05) is 0 Å². The van der Waals surface area contributed by atoms with Crippen molar-refractivity contribution in [2.45, 2.75) is 0 Å². The molecule has 0 atom stereocenters. The van der Waals surface area contributed by atoms with Gasteiger partial charge < -0.3 is 2.85 Å². The van der Waals surface area contributed by atoms with E-state index in [4.69, 9.17) is 17.5 Å². The van der Waals surface area contributed by atoms with Crippen molar-refractivity contribution in [2.75, 3.05) is 0 Å². The van der Waals surface area contributed by atoms with E-state index in [1.807, 2.05) is 0 Å². The van der Waals surface area contributed by atoms with Crippen molar-refractivity contribution in [3.63, 3.8) is 0 Å². The van der Waals surface area contributed by atoms with E-state index in [-0.39, 0.29) is 55.4 Å². The van der Waals surface area contributed by atoms with E-state index in [0.29, 0.717) is 0 Å². The molecule has 0 rings (SSSR count). The summed E-state index contributed by atoms with van der Waals surface area (Å²) < 4.78 is 31.6. The zero-order chi connectivity index (χ0) is 4.50. The van der Waals surface area contributed by atoms with Crippen LogP contribution in [0.25, 0.3) is 0 Å². The van der Waals surface area contributed by atoms with Crippen molar-refractivity contribution in [3.05, 3.63) is 0 Å². The molecule has 0 bridgehead atoms. The first-order chi connectivity index (χ1) is 2.00. The molecule has 0 heterocycles. The van der Waals surface area contributed by atoms with Gasteiger partial charge in [0.25, 0.3) is 0 Å². The predicted molar refractivity (Wildman–Crippen MR) is 29.4 cm³/mol. The molecule has 2 N–H and O–H groups in total. The van der Waals surface area contributed by atoms with Crippen LogP contribution in [-0.2, 0) is 27.5 Å². The monoisotopic (exact) mass is 215 g/mol. The Kier molecular flexibility index (Phi) is 24.0. The summed E-state index contributed by atoms with van der Waals surface area (Å²) in [6, 6.07) is 0. The fourth-order valence-corrected chi connectivity index (χ4v) is 0. The van der Waals surface area contributed by atoms with Gasteiger partial charge in [-0.3, -0.25) is 9.11 Å². The molecule has 0 saturated heterocycles. The van der Waals surface area contributed by atoms with Crippen molar-refractivity contribution < 1.29 is 37.4 Å². The number of hydrogen-bond acceptors (Lipinski definition) is 2. The average Bonchev–Trinajstić information content (AvgIpc) is 0.722. The van der Waals surface area contributed by atoms with Crippen LogP contribution >= 0.6 is 12.4 Å². The molecule has 51 valence electrons. The van der Waals surface area contributed by atoms with E-state index in [9.17, 15) is 0 Å². The minimum absolute atomic E-state index is 0. The molecule has 0 aromatic heterocycles. The van der Waals surface area contributed by atoms with E-state index in [1.54, 1.807) is 0 Å². The summed E-state index contributed by atoms with van der Waals surface area (Å²) in [7, 11) is -4.67. The molecular weight excluding hydrogens is 211 g/mol. The van der Waals surface area contributed by atoms with Crippen LogP contribution in [0.15, 0.2) is 0 Å². The van der Waals surface area contributed by atoms with Gasteiger partial charge in [0.15, 0.2) is 0 Å². The van der Waals surface area contributed by atoms with Crippen LogP contribution in [-0.4, -0.2) is 40.6 Å². The molecule has 0 unspecified atom stereocenters. The third-order valence-corrected chi connectivity index (χ3v) is 0. The van der Waals surface area contributed by atoms with Crippen molar-refractivity contribution in [1.82, 2.24) is 0 Å². The van der Waals surface area contributed by atoms with Gasteiger partial charge in [0.1, 0.15) is 0 Å². The van der Waals surface area contributed by atoms with Crippen LogP contribution in [0.3, 0.4) is 0 Å². The van der Waals surface area contributed by atoms with Gasteiger partial charge in [-0.05, 0) is 0 Å². The Morgan fingerprint density at radius 1 is 1.25 bits per heavy atom. The maximum absolute atomic E-state index is 8.74. The largest absolute Gasteiger partial charge is 2.00 e. The molecule has 0 aliphatic heterocycles. The first kappa shape index (κ1) is 22.7. The SMILES string of the molecule is Cl.O=S(=O)(O)O.[H-].[H-].[Mg+2].[Mn]. The Labute approximate surface area is 83.0 Å².